The first-order valence-electron chi connectivity index (χ1n) is 8.98. The predicted molar refractivity (Wildman–Crippen MR) is 89.1 cm³/mol. The maximum atomic E-state index is 5.72. The first kappa shape index (κ1) is 17.9. The van der Waals surface area contributed by atoms with Gasteiger partial charge in [0, 0.05) is 32.2 Å². The van der Waals surface area contributed by atoms with Crippen molar-refractivity contribution in [2.45, 2.75) is 71.3 Å². The van der Waals surface area contributed by atoms with Gasteiger partial charge in [-0.3, -0.25) is 4.90 Å². The molecular formula is C17H37N3. The lowest BCUT2D eigenvalue weighted by molar-refractivity contribution is 0.0900. The second kappa shape index (κ2) is 11.5. The minimum Gasteiger partial charge on any atom is -0.330 e. The molecule has 1 fully saturated rings. The average molecular weight is 284 g/mol. The van der Waals surface area contributed by atoms with Gasteiger partial charge < -0.3 is 10.6 Å². The maximum Gasteiger partial charge on any atom is 0.0113 e. The molecule has 0 saturated carbocycles. The van der Waals surface area contributed by atoms with E-state index in [2.05, 4.69) is 23.6 Å². The van der Waals surface area contributed by atoms with Crippen LogP contribution in [0.15, 0.2) is 0 Å². The van der Waals surface area contributed by atoms with E-state index in [1.165, 1.54) is 77.7 Å². The number of hydrogen-bond donors (Lipinski definition) is 1. The van der Waals surface area contributed by atoms with E-state index in [1.807, 2.05) is 0 Å². The number of piperazine rings is 1. The highest BCUT2D eigenvalue weighted by Crippen LogP contribution is 2.13. The van der Waals surface area contributed by atoms with Crippen LogP contribution in [-0.4, -0.2) is 55.1 Å². The van der Waals surface area contributed by atoms with Crippen molar-refractivity contribution in [3.05, 3.63) is 0 Å². The fourth-order valence-corrected chi connectivity index (χ4v) is 3.31. The monoisotopic (exact) mass is 283 g/mol. The van der Waals surface area contributed by atoms with E-state index in [1.54, 1.807) is 0 Å². The van der Waals surface area contributed by atoms with Gasteiger partial charge in [-0.1, -0.05) is 46.0 Å². The summed E-state index contributed by atoms with van der Waals surface area (Å²) in [4.78, 5) is 5.32. The Balaban J connectivity index is 2.06. The molecule has 0 amide bonds. The molecule has 1 unspecified atom stereocenters. The molecule has 1 aliphatic heterocycles. The molecule has 0 bridgehead atoms. The minimum atomic E-state index is 0.719. The van der Waals surface area contributed by atoms with Crippen molar-refractivity contribution in [1.29, 1.82) is 0 Å². The van der Waals surface area contributed by atoms with Crippen molar-refractivity contribution < 1.29 is 0 Å². The van der Waals surface area contributed by atoms with Gasteiger partial charge in [0.25, 0.3) is 0 Å². The Morgan fingerprint density at radius 1 is 0.900 bits per heavy atom. The van der Waals surface area contributed by atoms with Crippen LogP contribution in [0, 0.1) is 0 Å². The van der Waals surface area contributed by atoms with E-state index < -0.39 is 0 Å². The zero-order chi connectivity index (χ0) is 14.6. The number of nitrogens with two attached hydrogens (primary N) is 1. The van der Waals surface area contributed by atoms with E-state index in [0.717, 1.165) is 19.0 Å². The summed E-state index contributed by atoms with van der Waals surface area (Å²) in [6.45, 7) is 11.7. The van der Waals surface area contributed by atoms with Crippen LogP contribution in [0.3, 0.4) is 0 Å². The maximum absolute atomic E-state index is 5.72. The summed E-state index contributed by atoms with van der Waals surface area (Å²) in [5, 5.41) is 0. The van der Waals surface area contributed by atoms with Gasteiger partial charge in [-0.15, -0.1) is 0 Å². The van der Waals surface area contributed by atoms with Crippen LogP contribution in [-0.2, 0) is 0 Å². The van der Waals surface area contributed by atoms with Gasteiger partial charge in [0.1, 0.15) is 0 Å². The molecule has 0 aromatic heterocycles. The summed E-state index contributed by atoms with van der Waals surface area (Å²) in [6, 6.07) is 0.719. The average Bonchev–Trinajstić information content (AvgIpc) is 2.49. The molecule has 20 heavy (non-hydrogen) atoms. The van der Waals surface area contributed by atoms with Crippen molar-refractivity contribution in [3.63, 3.8) is 0 Å². The Morgan fingerprint density at radius 3 is 2.15 bits per heavy atom. The van der Waals surface area contributed by atoms with E-state index in [0.29, 0.717) is 0 Å². The fourth-order valence-electron chi connectivity index (χ4n) is 3.31. The number of unbranched alkanes of at least 4 members (excludes halogenated alkanes) is 5. The van der Waals surface area contributed by atoms with Crippen LogP contribution >= 0.6 is 0 Å². The van der Waals surface area contributed by atoms with Crippen molar-refractivity contribution in [2.75, 3.05) is 39.3 Å². The molecule has 1 rings (SSSR count). The Bertz CT molecular complexity index is 212. The summed E-state index contributed by atoms with van der Waals surface area (Å²) in [5.41, 5.74) is 5.72. The Hall–Kier alpha value is -0.120. The lowest BCUT2D eigenvalue weighted by Gasteiger charge is -2.39. The number of nitrogens with zero attached hydrogens (tertiary/aromatic N) is 2. The molecule has 2 N–H and O–H groups in total. The molecule has 1 heterocycles. The Labute approximate surface area is 126 Å². The van der Waals surface area contributed by atoms with Gasteiger partial charge in [-0.2, -0.15) is 0 Å². The molecule has 3 nitrogen and oxygen atoms in total. The Kier molecular flexibility index (Phi) is 10.3. The first-order valence-corrected chi connectivity index (χ1v) is 8.98. The molecule has 0 spiro atoms. The minimum absolute atomic E-state index is 0.719. The molecule has 3 heteroatoms. The molecule has 0 aromatic carbocycles. The molecule has 0 aliphatic carbocycles. The second-order valence-corrected chi connectivity index (χ2v) is 6.28. The van der Waals surface area contributed by atoms with Gasteiger partial charge in [0.2, 0.25) is 0 Å². The molecule has 0 aromatic rings. The van der Waals surface area contributed by atoms with E-state index in [-0.39, 0.29) is 0 Å². The SMILES string of the molecule is CCCCCCCCN1CCN(C(CC)CCN)CC1. The highest BCUT2D eigenvalue weighted by atomic mass is 15.3. The highest BCUT2D eigenvalue weighted by molar-refractivity contribution is 4.78. The van der Waals surface area contributed by atoms with Gasteiger partial charge in [-0.05, 0) is 32.4 Å². The third kappa shape index (κ3) is 7.05. The highest BCUT2D eigenvalue weighted by Gasteiger charge is 2.21. The van der Waals surface area contributed by atoms with Crippen LogP contribution < -0.4 is 5.73 Å². The first-order chi connectivity index (χ1) is 9.81. The van der Waals surface area contributed by atoms with Crippen LogP contribution in [0.2, 0.25) is 0 Å². The predicted octanol–water partition coefficient (Wildman–Crippen LogP) is 3.09. The zero-order valence-electron chi connectivity index (χ0n) is 13.9. The molecule has 120 valence electrons. The van der Waals surface area contributed by atoms with E-state index in [9.17, 15) is 0 Å². The topological polar surface area (TPSA) is 32.5 Å². The molecule has 1 aliphatic rings. The lowest BCUT2D eigenvalue weighted by atomic mass is 10.1. The Morgan fingerprint density at radius 2 is 1.55 bits per heavy atom. The van der Waals surface area contributed by atoms with Crippen molar-refractivity contribution in [1.82, 2.24) is 9.80 Å². The van der Waals surface area contributed by atoms with Gasteiger partial charge >= 0.3 is 0 Å². The summed E-state index contributed by atoms with van der Waals surface area (Å²) < 4.78 is 0. The van der Waals surface area contributed by atoms with Crippen LogP contribution in [0.4, 0.5) is 0 Å². The number of hydrogen-bond acceptors (Lipinski definition) is 3. The smallest absolute Gasteiger partial charge is 0.0113 e. The standard InChI is InChI=1S/C17H37N3/c1-3-5-6-7-8-9-12-19-13-15-20(16-14-19)17(4-2)10-11-18/h17H,3-16,18H2,1-2H3. The van der Waals surface area contributed by atoms with Crippen LogP contribution in [0.1, 0.15) is 65.2 Å². The van der Waals surface area contributed by atoms with Crippen LogP contribution in [0.25, 0.3) is 0 Å². The van der Waals surface area contributed by atoms with Gasteiger partial charge in [-0.25, -0.2) is 0 Å². The molecular weight excluding hydrogens is 246 g/mol. The second-order valence-electron chi connectivity index (χ2n) is 6.28. The van der Waals surface area contributed by atoms with Gasteiger partial charge in [0.05, 0.1) is 0 Å². The summed E-state index contributed by atoms with van der Waals surface area (Å²) in [7, 11) is 0. The zero-order valence-corrected chi connectivity index (χ0v) is 13.9. The largest absolute Gasteiger partial charge is 0.330 e. The van der Waals surface area contributed by atoms with Crippen molar-refractivity contribution in [2.24, 2.45) is 5.73 Å². The fraction of sp³-hybridized carbons (Fsp3) is 1.00. The third-order valence-corrected chi connectivity index (χ3v) is 4.72. The lowest BCUT2D eigenvalue weighted by Crippen LogP contribution is -2.50. The third-order valence-electron chi connectivity index (χ3n) is 4.72. The van der Waals surface area contributed by atoms with E-state index in [4.69, 9.17) is 5.73 Å². The summed E-state index contributed by atoms with van der Waals surface area (Å²) in [6.07, 6.45) is 10.8. The molecule has 0 radical (unpaired) electrons. The van der Waals surface area contributed by atoms with E-state index >= 15 is 0 Å². The van der Waals surface area contributed by atoms with Crippen molar-refractivity contribution in [3.8, 4) is 0 Å². The normalized spacial score (nSPS) is 19.4. The number of rotatable bonds is 11. The summed E-state index contributed by atoms with van der Waals surface area (Å²) in [5.74, 6) is 0. The molecule has 1 saturated heterocycles. The molecule has 1 atom stereocenters. The van der Waals surface area contributed by atoms with Crippen LogP contribution in [0.5, 0.6) is 0 Å². The van der Waals surface area contributed by atoms with Crippen molar-refractivity contribution >= 4 is 0 Å². The van der Waals surface area contributed by atoms with Gasteiger partial charge in [0.15, 0.2) is 0 Å². The summed E-state index contributed by atoms with van der Waals surface area (Å²) >= 11 is 0. The quantitative estimate of drug-likeness (QED) is 0.591.